The Kier molecular flexibility index (Phi) is 3.73. The number of nitrogens with one attached hydrogen (secondary N) is 1. The highest BCUT2D eigenvalue weighted by Crippen LogP contribution is 2.22. The third-order valence-electron chi connectivity index (χ3n) is 2.90. The maximum absolute atomic E-state index is 10.8. The third-order valence-corrected chi connectivity index (χ3v) is 3.49. The van der Waals surface area contributed by atoms with Crippen LogP contribution in [0.25, 0.3) is 10.9 Å². The second kappa shape index (κ2) is 5.12. The highest BCUT2D eigenvalue weighted by molar-refractivity contribution is 7.85. The number of benzene rings is 1. The molecule has 0 bridgehead atoms. The summed E-state index contributed by atoms with van der Waals surface area (Å²) < 4.78 is 26.4. The van der Waals surface area contributed by atoms with Gasteiger partial charge in [0.15, 0.2) is 0 Å². The van der Waals surface area contributed by atoms with Crippen LogP contribution in [0, 0.1) is 6.92 Å². The summed E-state index contributed by atoms with van der Waals surface area (Å²) >= 11 is 0. The van der Waals surface area contributed by atoms with Crippen LogP contribution in [0.4, 0.5) is 0 Å². The van der Waals surface area contributed by atoms with Gasteiger partial charge in [0.2, 0.25) is 0 Å². The molecule has 1 aromatic heterocycles. The van der Waals surface area contributed by atoms with Crippen molar-refractivity contribution in [2.75, 3.05) is 12.9 Å². The van der Waals surface area contributed by atoms with Crippen molar-refractivity contribution in [2.24, 2.45) is 0 Å². The maximum Gasteiger partial charge on any atom is 0.264 e. The third kappa shape index (κ3) is 3.11. The molecule has 0 aliphatic rings. The highest BCUT2D eigenvalue weighted by Gasteiger charge is 2.08. The molecule has 1 N–H and O–H groups in total. The minimum Gasteiger partial charge on any atom is -0.358 e. The van der Waals surface area contributed by atoms with Crippen molar-refractivity contribution >= 4 is 21.0 Å². The molecular formula is C13H17NO3S. The molecule has 0 atom stereocenters. The molecule has 2 aromatic rings. The largest absolute Gasteiger partial charge is 0.358 e. The minimum atomic E-state index is -3.33. The van der Waals surface area contributed by atoms with E-state index in [0.29, 0.717) is 6.42 Å². The van der Waals surface area contributed by atoms with Gasteiger partial charge in [0.05, 0.1) is 12.9 Å². The van der Waals surface area contributed by atoms with Gasteiger partial charge in [-0.25, -0.2) is 0 Å². The number of aromatic nitrogens is 1. The predicted octanol–water partition coefficient (Wildman–Crippen LogP) is 2.39. The van der Waals surface area contributed by atoms with Crippen molar-refractivity contribution in [1.29, 1.82) is 0 Å². The van der Waals surface area contributed by atoms with Gasteiger partial charge < -0.3 is 4.98 Å². The van der Waals surface area contributed by atoms with Gasteiger partial charge in [-0.05, 0) is 31.4 Å². The van der Waals surface area contributed by atoms with E-state index in [1.807, 2.05) is 25.1 Å². The van der Waals surface area contributed by atoms with Gasteiger partial charge in [0, 0.05) is 16.6 Å². The molecule has 18 heavy (non-hydrogen) atoms. The highest BCUT2D eigenvalue weighted by atomic mass is 32.2. The standard InChI is InChI=1S/C13H17NO3S/c1-10-11(7-5-9-17-18(2,15)16)12-6-3-4-8-13(12)14-10/h3-4,6,8,14H,5,7,9H2,1-2H3. The van der Waals surface area contributed by atoms with Crippen LogP contribution in [0.1, 0.15) is 17.7 Å². The number of rotatable bonds is 5. The second-order valence-corrected chi connectivity index (χ2v) is 6.05. The first-order valence-corrected chi connectivity index (χ1v) is 7.69. The molecule has 0 saturated heterocycles. The Bertz CT molecular complexity index is 643. The quantitative estimate of drug-likeness (QED) is 0.668. The monoisotopic (exact) mass is 267 g/mol. The molecular weight excluding hydrogens is 250 g/mol. The van der Waals surface area contributed by atoms with Crippen molar-refractivity contribution in [1.82, 2.24) is 4.98 Å². The van der Waals surface area contributed by atoms with E-state index in [2.05, 4.69) is 11.1 Å². The minimum absolute atomic E-state index is 0.234. The van der Waals surface area contributed by atoms with Crippen LogP contribution in [0.2, 0.25) is 0 Å². The van der Waals surface area contributed by atoms with Gasteiger partial charge in [-0.15, -0.1) is 0 Å². The molecule has 0 aliphatic heterocycles. The van der Waals surface area contributed by atoms with E-state index in [-0.39, 0.29) is 6.61 Å². The zero-order valence-corrected chi connectivity index (χ0v) is 11.4. The lowest BCUT2D eigenvalue weighted by molar-refractivity contribution is 0.316. The first-order valence-electron chi connectivity index (χ1n) is 5.88. The summed E-state index contributed by atoms with van der Waals surface area (Å²) in [4.78, 5) is 3.33. The normalized spacial score (nSPS) is 12.1. The van der Waals surface area contributed by atoms with Crippen molar-refractivity contribution in [3.8, 4) is 0 Å². The number of para-hydroxylation sites is 1. The average Bonchev–Trinajstić information content (AvgIpc) is 2.59. The first-order chi connectivity index (χ1) is 8.47. The molecule has 0 saturated carbocycles. The van der Waals surface area contributed by atoms with Gasteiger partial charge in [0.25, 0.3) is 10.1 Å². The lowest BCUT2D eigenvalue weighted by Crippen LogP contribution is -2.05. The number of H-pyrrole nitrogens is 1. The average molecular weight is 267 g/mol. The Labute approximate surface area is 107 Å². The smallest absolute Gasteiger partial charge is 0.264 e. The summed E-state index contributed by atoms with van der Waals surface area (Å²) in [6, 6.07) is 8.12. The molecule has 0 spiro atoms. The lowest BCUT2D eigenvalue weighted by atomic mass is 10.1. The summed E-state index contributed by atoms with van der Waals surface area (Å²) in [6.45, 7) is 2.27. The molecule has 98 valence electrons. The van der Waals surface area contributed by atoms with Crippen LogP contribution < -0.4 is 0 Å². The van der Waals surface area contributed by atoms with Gasteiger partial charge in [-0.3, -0.25) is 4.18 Å². The maximum atomic E-state index is 10.8. The summed E-state index contributed by atoms with van der Waals surface area (Å²) in [7, 11) is -3.33. The topological polar surface area (TPSA) is 59.2 Å². The van der Waals surface area contributed by atoms with E-state index in [1.165, 1.54) is 10.9 Å². The fourth-order valence-electron chi connectivity index (χ4n) is 2.12. The molecule has 0 fully saturated rings. The molecule has 0 aliphatic carbocycles. The number of hydrogen-bond donors (Lipinski definition) is 1. The summed E-state index contributed by atoms with van der Waals surface area (Å²) in [6.07, 6.45) is 2.57. The Morgan fingerprint density at radius 3 is 2.72 bits per heavy atom. The van der Waals surface area contributed by atoms with Crippen LogP contribution in [0.3, 0.4) is 0 Å². The van der Waals surface area contributed by atoms with E-state index in [1.54, 1.807) is 0 Å². The van der Waals surface area contributed by atoms with Gasteiger partial charge in [-0.2, -0.15) is 8.42 Å². The number of fused-ring (bicyclic) bond motifs is 1. The van der Waals surface area contributed by atoms with E-state index >= 15 is 0 Å². The Balaban J connectivity index is 2.06. The number of aryl methyl sites for hydroxylation is 2. The predicted molar refractivity (Wildman–Crippen MR) is 72.2 cm³/mol. The molecule has 4 nitrogen and oxygen atoms in total. The Morgan fingerprint density at radius 2 is 2.00 bits per heavy atom. The van der Waals surface area contributed by atoms with Crippen LogP contribution in [0.5, 0.6) is 0 Å². The van der Waals surface area contributed by atoms with Crippen molar-refractivity contribution in [2.45, 2.75) is 19.8 Å². The van der Waals surface area contributed by atoms with Crippen LogP contribution in [0.15, 0.2) is 24.3 Å². The Morgan fingerprint density at radius 1 is 1.28 bits per heavy atom. The molecule has 1 heterocycles. The van der Waals surface area contributed by atoms with E-state index in [9.17, 15) is 8.42 Å². The summed E-state index contributed by atoms with van der Waals surface area (Å²) in [5, 5.41) is 1.20. The molecule has 0 radical (unpaired) electrons. The molecule has 5 heteroatoms. The van der Waals surface area contributed by atoms with Crippen molar-refractivity contribution < 1.29 is 12.6 Å². The van der Waals surface area contributed by atoms with Crippen molar-refractivity contribution in [3.63, 3.8) is 0 Å². The Hall–Kier alpha value is -1.33. The summed E-state index contributed by atoms with van der Waals surface area (Å²) in [5.74, 6) is 0. The molecule has 0 amide bonds. The van der Waals surface area contributed by atoms with Crippen molar-refractivity contribution in [3.05, 3.63) is 35.5 Å². The first kappa shape index (κ1) is 13.1. The summed E-state index contributed by atoms with van der Waals surface area (Å²) in [5.41, 5.74) is 3.49. The van der Waals surface area contributed by atoms with E-state index in [4.69, 9.17) is 4.18 Å². The fraction of sp³-hybridized carbons (Fsp3) is 0.385. The zero-order valence-electron chi connectivity index (χ0n) is 10.6. The van der Waals surface area contributed by atoms with Crippen LogP contribution in [-0.2, 0) is 20.7 Å². The van der Waals surface area contributed by atoms with Gasteiger partial charge >= 0.3 is 0 Å². The van der Waals surface area contributed by atoms with E-state index in [0.717, 1.165) is 23.9 Å². The second-order valence-electron chi connectivity index (χ2n) is 4.40. The van der Waals surface area contributed by atoms with Crippen LogP contribution >= 0.6 is 0 Å². The van der Waals surface area contributed by atoms with Gasteiger partial charge in [-0.1, -0.05) is 18.2 Å². The van der Waals surface area contributed by atoms with Gasteiger partial charge in [0.1, 0.15) is 0 Å². The zero-order chi connectivity index (χ0) is 13.2. The lowest BCUT2D eigenvalue weighted by Gasteiger charge is -2.02. The van der Waals surface area contributed by atoms with E-state index < -0.39 is 10.1 Å². The fourth-order valence-corrected chi connectivity index (χ4v) is 2.54. The number of aromatic amines is 1. The molecule has 1 aromatic carbocycles. The molecule has 0 unspecified atom stereocenters. The van der Waals surface area contributed by atoms with Crippen LogP contribution in [-0.4, -0.2) is 26.3 Å². The molecule has 2 rings (SSSR count). The number of hydrogen-bond acceptors (Lipinski definition) is 3. The SMILES string of the molecule is Cc1[nH]c2ccccc2c1CCCOS(C)(=O)=O.